The Kier molecular flexibility index (Phi) is 4.79. The Hall–Kier alpha value is -2.37. The Labute approximate surface area is 147 Å². The van der Waals surface area contributed by atoms with Gasteiger partial charge in [0, 0.05) is 31.3 Å². The summed E-state index contributed by atoms with van der Waals surface area (Å²) in [7, 11) is 1.58. The number of carboxylic acids is 1. The topological polar surface area (TPSA) is 77.9 Å². The van der Waals surface area contributed by atoms with Crippen molar-refractivity contribution >= 4 is 23.5 Å². The van der Waals surface area contributed by atoms with E-state index in [0.29, 0.717) is 31.4 Å². The van der Waals surface area contributed by atoms with E-state index in [2.05, 4.69) is 0 Å². The van der Waals surface area contributed by atoms with Gasteiger partial charge < -0.3 is 14.9 Å². The molecule has 25 heavy (non-hydrogen) atoms. The van der Waals surface area contributed by atoms with E-state index in [-0.39, 0.29) is 11.8 Å². The second kappa shape index (κ2) is 6.86. The highest BCUT2D eigenvalue weighted by molar-refractivity contribution is 5.99. The molecule has 0 bridgehead atoms. The maximum absolute atomic E-state index is 12.8. The molecule has 0 spiro atoms. The first kappa shape index (κ1) is 17.5. The van der Waals surface area contributed by atoms with E-state index in [9.17, 15) is 19.5 Å². The van der Waals surface area contributed by atoms with Gasteiger partial charge >= 0.3 is 5.97 Å². The van der Waals surface area contributed by atoms with Gasteiger partial charge in [-0.2, -0.15) is 0 Å². The molecule has 0 aromatic heterocycles. The SMILES string of the molecule is CN(C(=O)c1ccc(N2CCCC2=O)cc1)C1(C(=O)O)CCCCC1. The van der Waals surface area contributed by atoms with Crippen molar-refractivity contribution in [3.8, 4) is 0 Å². The summed E-state index contributed by atoms with van der Waals surface area (Å²) in [5.41, 5.74) is 0.121. The highest BCUT2D eigenvalue weighted by atomic mass is 16.4. The van der Waals surface area contributed by atoms with Crippen LogP contribution in [-0.2, 0) is 9.59 Å². The summed E-state index contributed by atoms with van der Waals surface area (Å²) in [4.78, 5) is 39.6. The lowest BCUT2D eigenvalue weighted by atomic mass is 9.80. The fourth-order valence-electron chi connectivity index (χ4n) is 3.92. The minimum absolute atomic E-state index is 0.100. The standard InChI is InChI=1S/C19H24N2O4/c1-20(19(18(24)25)11-3-2-4-12-19)17(23)14-7-9-15(10-8-14)21-13-5-6-16(21)22/h7-10H,2-6,11-13H2,1H3,(H,24,25). The fraction of sp³-hybridized carbons (Fsp3) is 0.526. The Morgan fingerprint density at radius 2 is 1.72 bits per heavy atom. The summed E-state index contributed by atoms with van der Waals surface area (Å²) in [5.74, 6) is -1.12. The second-order valence-corrected chi connectivity index (χ2v) is 6.96. The predicted octanol–water partition coefficient (Wildman–Crippen LogP) is 2.67. The Balaban J connectivity index is 1.79. The molecular weight excluding hydrogens is 320 g/mol. The van der Waals surface area contributed by atoms with Crippen molar-refractivity contribution in [3.63, 3.8) is 0 Å². The van der Waals surface area contributed by atoms with E-state index in [1.807, 2.05) is 0 Å². The molecule has 1 N–H and O–H groups in total. The van der Waals surface area contributed by atoms with Gasteiger partial charge in [0.1, 0.15) is 5.54 Å². The number of nitrogens with zero attached hydrogens (tertiary/aromatic N) is 2. The van der Waals surface area contributed by atoms with Gasteiger partial charge in [-0.15, -0.1) is 0 Å². The summed E-state index contributed by atoms with van der Waals surface area (Å²) in [6, 6.07) is 6.88. The molecule has 6 heteroatoms. The maximum Gasteiger partial charge on any atom is 0.329 e. The number of carboxylic acid groups (broad SMARTS) is 1. The van der Waals surface area contributed by atoms with Gasteiger partial charge in [-0.25, -0.2) is 4.79 Å². The molecule has 3 rings (SSSR count). The summed E-state index contributed by atoms with van der Waals surface area (Å²) >= 11 is 0. The summed E-state index contributed by atoms with van der Waals surface area (Å²) in [6.45, 7) is 0.703. The molecule has 2 aliphatic rings. The first-order valence-electron chi connectivity index (χ1n) is 8.88. The number of carbonyl (C=O) groups is 3. The van der Waals surface area contributed by atoms with Crippen molar-refractivity contribution in [1.82, 2.24) is 4.90 Å². The van der Waals surface area contributed by atoms with Crippen LogP contribution >= 0.6 is 0 Å². The summed E-state index contributed by atoms with van der Waals surface area (Å²) < 4.78 is 0. The number of rotatable bonds is 4. The highest BCUT2D eigenvalue weighted by Crippen LogP contribution is 2.34. The first-order valence-corrected chi connectivity index (χ1v) is 8.88. The van der Waals surface area contributed by atoms with Crippen molar-refractivity contribution in [2.24, 2.45) is 0 Å². The lowest BCUT2D eigenvalue weighted by molar-refractivity contribution is -0.151. The molecular formula is C19H24N2O4. The number of benzene rings is 1. The lowest BCUT2D eigenvalue weighted by Gasteiger charge is -2.41. The van der Waals surface area contributed by atoms with Gasteiger partial charge in [0.15, 0.2) is 0 Å². The fourth-order valence-corrected chi connectivity index (χ4v) is 3.92. The molecule has 0 unspecified atom stereocenters. The third-order valence-corrected chi connectivity index (χ3v) is 5.52. The third-order valence-electron chi connectivity index (χ3n) is 5.52. The molecule has 1 saturated carbocycles. The molecule has 1 aromatic carbocycles. The minimum Gasteiger partial charge on any atom is -0.479 e. The van der Waals surface area contributed by atoms with E-state index < -0.39 is 11.5 Å². The summed E-state index contributed by atoms with van der Waals surface area (Å²) in [5, 5.41) is 9.73. The molecule has 1 aromatic rings. The van der Waals surface area contributed by atoms with Gasteiger partial charge in [0.25, 0.3) is 5.91 Å². The molecule has 1 heterocycles. The van der Waals surface area contributed by atoms with E-state index in [0.717, 1.165) is 31.4 Å². The van der Waals surface area contributed by atoms with E-state index in [4.69, 9.17) is 0 Å². The zero-order chi connectivity index (χ0) is 18.0. The van der Waals surface area contributed by atoms with Gasteiger partial charge in [-0.1, -0.05) is 19.3 Å². The Morgan fingerprint density at radius 1 is 1.08 bits per heavy atom. The number of likely N-dealkylation sites (N-methyl/N-ethyl adjacent to an activating group) is 1. The van der Waals surface area contributed by atoms with Crippen LogP contribution in [-0.4, -0.2) is 46.9 Å². The van der Waals surface area contributed by atoms with Crippen LogP contribution in [0.15, 0.2) is 24.3 Å². The van der Waals surface area contributed by atoms with Crippen molar-refractivity contribution in [3.05, 3.63) is 29.8 Å². The maximum atomic E-state index is 12.8. The molecule has 1 aliphatic carbocycles. The smallest absolute Gasteiger partial charge is 0.329 e. The highest BCUT2D eigenvalue weighted by Gasteiger charge is 2.45. The molecule has 1 aliphatic heterocycles. The average molecular weight is 344 g/mol. The monoisotopic (exact) mass is 344 g/mol. The number of anilines is 1. The van der Waals surface area contributed by atoms with E-state index in [1.54, 1.807) is 36.2 Å². The molecule has 1 saturated heterocycles. The Morgan fingerprint density at radius 3 is 2.24 bits per heavy atom. The molecule has 6 nitrogen and oxygen atoms in total. The van der Waals surface area contributed by atoms with Crippen LogP contribution in [0.3, 0.4) is 0 Å². The van der Waals surface area contributed by atoms with Crippen LogP contribution in [0.25, 0.3) is 0 Å². The largest absolute Gasteiger partial charge is 0.479 e. The van der Waals surface area contributed by atoms with Crippen molar-refractivity contribution in [2.45, 2.75) is 50.5 Å². The first-order chi connectivity index (χ1) is 12.0. The normalized spacial score (nSPS) is 19.7. The van der Waals surface area contributed by atoms with E-state index in [1.165, 1.54) is 4.90 Å². The number of amides is 2. The molecule has 134 valence electrons. The zero-order valence-electron chi connectivity index (χ0n) is 14.5. The van der Waals surface area contributed by atoms with Gasteiger partial charge in [0.05, 0.1) is 0 Å². The van der Waals surface area contributed by atoms with Gasteiger partial charge in [-0.05, 0) is 43.5 Å². The number of hydrogen-bond donors (Lipinski definition) is 1. The van der Waals surface area contributed by atoms with Gasteiger partial charge in [-0.3, -0.25) is 9.59 Å². The second-order valence-electron chi connectivity index (χ2n) is 6.96. The molecule has 2 fully saturated rings. The van der Waals surface area contributed by atoms with Crippen LogP contribution in [0.2, 0.25) is 0 Å². The minimum atomic E-state index is -1.11. The molecule has 0 radical (unpaired) electrons. The van der Waals surface area contributed by atoms with Crippen LogP contribution in [0.1, 0.15) is 55.3 Å². The van der Waals surface area contributed by atoms with Crippen molar-refractivity contribution < 1.29 is 19.5 Å². The number of carbonyl (C=O) groups excluding carboxylic acids is 2. The van der Waals surface area contributed by atoms with Crippen LogP contribution in [0.5, 0.6) is 0 Å². The van der Waals surface area contributed by atoms with Crippen LogP contribution in [0, 0.1) is 0 Å². The van der Waals surface area contributed by atoms with Crippen LogP contribution < -0.4 is 4.90 Å². The number of hydrogen-bond acceptors (Lipinski definition) is 3. The third kappa shape index (κ3) is 3.13. The Bertz CT molecular complexity index is 677. The number of aliphatic carboxylic acids is 1. The van der Waals surface area contributed by atoms with Gasteiger partial charge in [0.2, 0.25) is 5.91 Å². The van der Waals surface area contributed by atoms with Crippen molar-refractivity contribution in [1.29, 1.82) is 0 Å². The quantitative estimate of drug-likeness (QED) is 0.911. The average Bonchev–Trinajstić information content (AvgIpc) is 3.07. The molecule has 2 amide bonds. The summed E-state index contributed by atoms with van der Waals surface area (Å²) in [6.07, 6.45) is 5.04. The molecule has 0 atom stereocenters. The van der Waals surface area contributed by atoms with Crippen LogP contribution in [0.4, 0.5) is 5.69 Å². The zero-order valence-corrected chi connectivity index (χ0v) is 14.5. The lowest BCUT2D eigenvalue weighted by Crippen LogP contribution is -2.56. The predicted molar refractivity (Wildman–Crippen MR) is 93.6 cm³/mol. The van der Waals surface area contributed by atoms with E-state index >= 15 is 0 Å². The van der Waals surface area contributed by atoms with Crippen molar-refractivity contribution in [2.75, 3.05) is 18.5 Å².